The molecular weight excluding hydrogens is 384 g/mol. The first-order valence-corrected chi connectivity index (χ1v) is 9.91. The molecule has 0 bridgehead atoms. The predicted molar refractivity (Wildman–Crippen MR) is 113 cm³/mol. The third-order valence-electron chi connectivity index (χ3n) is 5.53. The number of nitrogens with zero attached hydrogens (tertiary/aromatic N) is 2. The normalized spacial score (nSPS) is 25.4. The van der Waals surface area contributed by atoms with Crippen LogP contribution in [0, 0.1) is 11.3 Å². The molecule has 0 saturated carbocycles. The lowest BCUT2D eigenvalue weighted by Crippen LogP contribution is -2.45. The van der Waals surface area contributed by atoms with Crippen molar-refractivity contribution in [1.29, 1.82) is 0 Å². The van der Waals surface area contributed by atoms with Gasteiger partial charge >= 0.3 is 0 Å². The van der Waals surface area contributed by atoms with Gasteiger partial charge < -0.3 is 0 Å². The molecule has 2 nitrogen and oxygen atoms in total. The van der Waals surface area contributed by atoms with Crippen molar-refractivity contribution in [3.63, 3.8) is 0 Å². The van der Waals surface area contributed by atoms with Gasteiger partial charge in [0.1, 0.15) is 0 Å². The minimum atomic E-state index is 0.0170. The molecular formula is C23H23BrN2. The lowest BCUT2D eigenvalue weighted by atomic mass is 9.71. The molecule has 0 N–H and O–H groups in total. The van der Waals surface area contributed by atoms with Crippen LogP contribution in [0.1, 0.15) is 17.5 Å². The van der Waals surface area contributed by atoms with Crippen LogP contribution in [0.3, 0.4) is 0 Å². The minimum absolute atomic E-state index is 0.0170. The minimum Gasteiger partial charge on any atom is -0.298 e. The van der Waals surface area contributed by atoms with Crippen LogP contribution in [-0.4, -0.2) is 24.2 Å². The zero-order valence-electron chi connectivity index (χ0n) is 14.8. The van der Waals surface area contributed by atoms with E-state index >= 15 is 0 Å². The van der Waals surface area contributed by atoms with E-state index in [-0.39, 0.29) is 5.41 Å². The standard InChI is InChI=1S/C23H23BrN2/c1-2-20-16-26(15-18-8-10-21(24)11-9-18)13-12-23(20)14-22(25-17-23)19-6-4-3-5-7-19/h2-11,14,17,20H,1,12-13,15-16H2/t20-,23+/m0/s1. The van der Waals surface area contributed by atoms with E-state index in [1.54, 1.807) is 0 Å². The summed E-state index contributed by atoms with van der Waals surface area (Å²) in [6.07, 6.45) is 7.73. The second-order valence-electron chi connectivity index (χ2n) is 7.22. The van der Waals surface area contributed by atoms with Crippen molar-refractivity contribution >= 4 is 27.8 Å². The second-order valence-corrected chi connectivity index (χ2v) is 8.14. The fourth-order valence-electron chi connectivity index (χ4n) is 3.99. The highest BCUT2D eigenvalue weighted by Gasteiger charge is 2.41. The summed E-state index contributed by atoms with van der Waals surface area (Å²) in [6, 6.07) is 19.1. The van der Waals surface area contributed by atoms with Crippen molar-refractivity contribution in [2.24, 2.45) is 16.3 Å². The lowest BCUT2D eigenvalue weighted by Gasteiger charge is -2.42. The first-order valence-electron chi connectivity index (χ1n) is 9.11. The van der Waals surface area contributed by atoms with Crippen LogP contribution >= 0.6 is 15.9 Å². The Hall–Kier alpha value is -1.97. The van der Waals surface area contributed by atoms with Crippen LogP contribution in [0.15, 0.2) is 82.8 Å². The molecule has 2 aromatic carbocycles. The maximum absolute atomic E-state index is 4.76. The van der Waals surface area contributed by atoms with E-state index in [0.29, 0.717) is 5.92 Å². The Morgan fingerprint density at radius 3 is 2.65 bits per heavy atom. The van der Waals surface area contributed by atoms with E-state index in [0.717, 1.165) is 36.2 Å². The Morgan fingerprint density at radius 1 is 1.15 bits per heavy atom. The predicted octanol–water partition coefficient (Wildman–Crippen LogP) is 5.57. The van der Waals surface area contributed by atoms with Gasteiger partial charge in [-0.3, -0.25) is 9.89 Å². The zero-order chi connectivity index (χ0) is 18.0. The maximum Gasteiger partial charge on any atom is 0.0668 e. The number of hydrogen-bond donors (Lipinski definition) is 0. The summed E-state index contributed by atoms with van der Waals surface area (Å²) in [7, 11) is 0. The van der Waals surface area contributed by atoms with Crippen molar-refractivity contribution in [3.8, 4) is 0 Å². The molecule has 2 atom stereocenters. The van der Waals surface area contributed by atoms with Crippen LogP contribution in [0.5, 0.6) is 0 Å². The third-order valence-corrected chi connectivity index (χ3v) is 6.06. The van der Waals surface area contributed by atoms with Crippen molar-refractivity contribution in [1.82, 2.24) is 4.90 Å². The average molecular weight is 407 g/mol. The molecule has 0 aromatic heterocycles. The number of piperidine rings is 1. The molecule has 2 aliphatic heterocycles. The van der Waals surface area contributed by atoms with Gasteiger partial charge in [-0.15, -0.1) is 6.58 Å². The fourth-order valence-corrected chi connectivity index (χ4v) is 4.25. The first-order chi connectivity index (χ1) is 12.7. The summed E-state index contributed by atoms with van der Waals surface area (Å²) >= 11 is 3.51. The number of likely N-dealkylation sites (tertiary alicyclic amines) is 1. The van der Waals surface area contributed by atoms with Crippen LogP contribution in [0.25, 0.3) is 5.70 Å². The number of hydrogen-bond acceptors (Lipinski definition) is 2. The van der Waals surface area contributed by atoms with E-state index in [1.165, 1.54) is 11.1 Å². The Morgan fingerprint density at radius 2 is 1.92 bits per heavy atom. The topological polar surface area (TPSA) is 15.6 Å². The molecule has 3 heteroatoms. The number of benzene rings is 2. The maximum atomic E-state index is 4.76. The molecule has 0 unspecified atom stereocenters. The Labute approximate surface area is 164 Å². The van der Waals surface area contributed by atoms with Gasteiger partial charge in [-0.25, -0.2) is 0 Å². The van der Waals surface area contributed by atoms with Crippen molar-refractivity contribution in [3.05, 3.63) is 88.9 Å². The summed E-state index contributed by atoms with van der Waals surface area (Å²) in [5.41, 5.74) is 3.66. The van der Waals surface area contributed by atoms with Crippen molar-refractivity contribution in [2.75, 3.05) is 13.1 Å². The number of rotatable bonds is 4. The highest BCUT2D eigenvalue weighted by molar-refractivity contribution is 9.10. The Balaban J connectivity index is 1.50. The smallest absolute Gasteiger partial charge is 0.0668 e. The molecule has 0 radical (unpaired) electrons. The highest BCUT2D eigenvalue weighted by Crippen LogP contribution is 2.43. The molecule has 1 fully saturated rings. The van der Waals surface area contributed by atoms with Gasteiger partial charge in [-0.2, -0.15) is 0 Å². The van der Waals surface area contributed by atoms with E-state index in [4.69, 9.17) is 4.99 Å². The lowest BCUT2D eigenvalue weighted by molar-refractivity contribution is 0.135. The van der Waals surface area contributed by atoms with Crippen molar-refractivity contribution in [2.45, 2.75) is 13.0 Å². The average Bonchev–Trinajstić information content (AvgIpc) is 3.11. The van der Waals surface area contributed by atoms with Gasteiger partial charge in [0, 0.05) is 35.1 Å². The van der Waals surface area contributed by atoms with Crippen molar-refractivity contribution < 1.29 is 0 Å². The van der Waals surface area contributed by atoms with Crippen LogP contribution in [0.2, 0.25) is 0 Å². The number of aliphatic imine (C=N–C) groups is 1. The monoisotopic (exact) mass is 406 g/mol. The molecule has 1 spiro atoms. The van der Waals surface area contributed by atoms with E-state index in [2.05, 4.69) is 94.3 Å². The Kier molecular flexibility index (Phi) is 4.92. The summed E-state index contributed by atoms with van der Waals surface area (Å²) in [5, 5.41) is 0. The summed E-state index contributed by atoms with van der Waals surface area (Å²) in [6.45, 7) is 7.21. The zero-order valence-corrected chi connectivity index (χ0v) is 16.4. The molecule has 4 rings (SSSR count). The van der Waals surface area contributed by atoms with Gasteiger partial charge in [0.15, 0.2) is 0 Å². The largest absolute Gasteiger partial charge is 0.298 e. The van der Waals surface area contributed by atoms with Gasteiger partial charge in [0.25, 0.3) is 0 Å². The summed E-state index contributed by atoms with van der Waals surface area (Å²) in [4.78, 5) is 7.30. The molecule has 1 saturated heterocycles. The quantitative estimate of drug-likeness (QED) is 0.605. The van der Waals surface area contributed by atoms with E-state index in [9.17, 15) is 0 Å². The van der Waals surface area contributed by atoms with E-state index in [1.807, 2.05) is 6.07 Å². The molecule has 2 aliphatic rings. The van der Waals surface area contributed by atoms with Gasteiger partial charge in [-0.1, -0.05) is 64.5 Å². The first kappa shape index (κ1) is 17.4. The van der Waals surface area contributed by atoms with Crippen LogP contribution < -0.4 is 0 Å². The van der Waals surface area contributed by atoms with Gasteiger partial charge in [-0.05, 0) is 42.3 Å². The summed E-state index contributed by atoms with van der Waals surface area (Å²) < 4.78 is 1.13. The fraction of sp³-hybridized carbons (Fsp3) is 0.261. The highest BCUT2D eigenvalue weighted by atomic mass is 79.9. The van der Waals surface area contributed by atoms with Gasteiger partial charge in [0.2, 0.25) is 0 Å². The third kappa shape index (κ3) is 3.46. The van der Waals surface area contributed by atoms with Crippen LogP contribution in [-0.2, 0) is 6.54 Å². The second kappa shape index (κ2) is 7.34. The molecule has 132 valence electrons. The molecule has 0 amide bonds. The van der Waals surface area contributed by atoms with Gasteiger partial charge in [0.05, 0.1) is 5.70 Å². The van der Waals surface area contributed by atoms with E-state index < -0.39 is 0 Å². The van der Waals surface area contributed by atoms with Crippen LogP contribution in [0.4, 0.5) is 0 Å². The number of halogens is 1. The summed E-state index contributed by atoms with van der Waals surface area (Å²) in [5.74, 6) is 0.386. The molecule has 0 aliphatic carbocycles. The molecule has 2 aromatic rings. The SMILES string of the molecule is C=C[C@H]1CN(Cc2ccc(Br)cc2)CC[C@@]12C=NC(c1ccccc1)=C2. The Bertz CT molecular complexity index is 838. The number of allylic oxidation sites excluding steroid dienone is 1. The molecule has 2 heterocycles. The molecule has 26 heavy (non-hydrogen) atoms.